The number of fused-ring (bicyclic) bond motifs is 3. The Morgan fingerprint density at radius 3 is 3.00 bits per heavy atom. The lowest BCUT2D eigenvalue weighted by Crippen LogP contribution is -2.03. The normalized spacial score (nSPS) is 12.8. The van der Waals surface area contributed by atoms with Gasteiger partial charge in [-0.3, -0.25) is 4.79 Å². The number of benzene rings is 1. The zero-order valence-electron chi connectivity index (χ0n) is 9.53. The van der Waals surface area contributed by atoms with Gasteiger partial charge >= 0.3 is 0 Å². The summed E-state index contributed by atoms with van der Waals surface area (Å²) in [6.45, 7) is 0. The summed E-state index contributed by atoms with van der Waals surface area (Å²) in [5.74, 6) is 0.953. The van der Waals surface area contributed by atoms with E-state index in [2.05, 4.69) is 6.07 Å². The number of methoxy groups -OCH3 is 1. The third kappa shape index (κ3) is 1.58. The average molecular weight is 244 g/mol. The van der Waals surface area contributed by atoms with E-state index >= 15 is 0 Å². The standard InChI is InChI=1S/C14H12O2S/c1-16-13-4-2-3-12-11(13)6-5-9-7-10(8-15)17-14(9)12/h2-4,7-8H,5-6H2,1H3. The summed E-state index contributed by atoms with van der Waals surface area (Å²) in [5.41, 5.74) is 3.78. The minimum absolute atomic E-state index is 0.811. The summed E-state index contributed by atoms with van der Waals surface area (Å²) in [6.07, 6.45) is 2.91. The summed E-state index contributed by atoms with van der Waals surface area (Å²) < 4.78 is 5.40. The number of carbonyl (C=O) groups is 1. The number of carbonyl (C=O) groups excluding carboxylic acids is 1. The van der Waals surface area contributed by atoms with Crippen LogP contribution in [-0.2, 0) is 12.8 Å². The van der Waals surface area contributed by atoms with E-state index in [0.29, 0.717) is 0 Å². The molecule has 0 atom stereocenters. The number of aldehydes is 1. The Kier molecular flexibility index (Phi) is 2.48. The van der Waals surface area contributed by atoms with Crippen LogP contribution in [0, 0.1) is 0 Å². The highest BCUT2D eigenvalue weighted by Crippen LogP contribution is 2.42. The maximum Gasteiger partial charge on any atom is 0.160 e. The zero-order valence-corrected chi connectivity index (χ0v) is 10.3. The van der Waals surface area contributed by atoms with Crippen molar-refractivity contribution in [2.75, 3.05) is 7.11 Å². The molecule has 1 aromatic heterocycles. The Morgan fingerprint density at radius 1 is 1.35 bits per heavy atom. The zero-order chi connectivity index (χ0) is 11.8. The summed E-state index contributed by atoms with van der Waals surface area (Å²) in [4.78, 5) is 12.9. The molecule has 2 nitrogen and oxygen atoms in total. The van der Waals surface area contributed by atoms with Crippen LogP contribution in [0.15, 0.2) is 24.3 Å². The van der Waals surface area contributed by atoms with E-state index in [1.807, 2.05) is 18.2 Å². The number of hydrogen-bond donors (Lipinski definition) is 0. The summed E-state index contributed by atoms with van der Waals surface area (Å²) >= 11 is 1.57. The minimum atomic E-state index is 0.811. The largest absolute Gasteiger partial charge is 0.496 e. The second-order valence-corrected chi connectivity index (χ2v) is 5.19. The van der Waals surface area contributed by atoms with Gasteiger partial charge in [-0.2, -0.15) is 0 Å². The van der Waals surface area contributed by atoms with Gasteiger partial charge in [-0.15, -0.1) is 11.3 Å². The molecule has 17 heavy (non-hydrogen) atoms. The van der Waals surface area contributed by atoms with Gasteiger partial charge in [0.15, 0.2) is 6.29 Å². The summed E-state index contributed by atoms with van der Waals surface area (Å²) in [5, 5.41) is 0. The Labute approximate surface area is 104 Å². The van der Waals surface area contributed by atoms with E-state index < -0.39 is 0 Å². The highest BCUT2D eigenvalue weighted by molar-refractivity contribution is 7.17. The van der Waals surface area contributed by atoms with Crippen molar-refractivity contribution in [2.45, 2.75) is 12.8 Å². The summed E-state index contributed by atoms with van der Waals surface area (Å²) in [6, 6.07) is 8.13. The molecule has 0 amide bonds. The molecule has 2 aromatic rings. The van der Waals surface area contributed by atoms with Crippen molar-refractivity contribution in [1.82, 2.24) is 0 Å². The van der Waals surface area contributed by atoms with Crippen molar-refractivity contribution in [3.8, 4) is 16.2 Å². The minimum Gasteiger partial charge on any atom is -0.496 e. The molecule has 3 heteroatoms. The molecule has 0 bridgehead atoms. The second-order valence-electron chi connectivity index (χ2n) is 4.11. The molecule has 3 rings (SSSR count). The van der Waals surface area contributed by atoms with E-state index in [0.717, 1.165) is 29.8 Å². The lowest BCUT2D eigenvalue weighted by atomic mass is 9.91. The summed E-state index contributed by atoms with van der Waals surface area (Å²) in [7, 11) is 1.70. The fourth-order valence-corrected chi connectivity index (χ4v) is 3.49. The molecule has 0 fully saturated rings. The Bertz CT molecular complexity index is 584. The van der Waals surface area contributed by atoms with Crippen molar-refractivity contribution in [3.05, 3.63) is 40.3 Å². The van der Waals surface area contributed by atoms with Crippen molar-refractivity contribution >= 4 is 17.6 Å². The maximum absolute atomic E-state index is 10.8. The van der Waals surface area contributed by atoms with Crippen LogP contribution in [0.25, 0.3) is 10.4 Å². The maximum atomic E-state index is 10.8. The van der Waals surface area contributed by atoms with Crippen molar-refractivity contribution in [1.29, 1.82) is 0 Å². The van der Waals surface area contributed by atoms with Gasteiger partial charge < -0.3 is 4.74 Å². The van der Waals surface area contributed by atoms with E-state index in [4.69, 9.17) is 4.74 Å². The molecule has 0 N–H and O–H groups in total. The van der Waals surface area contributed by atoms with Crippen LogP contribution >= 0.6 is 11.3 Å². The molecule has 1 aliphatic carbocycles. The molecule has 0 saturated heterocycles. The van der Waals surface area contributed by atoms with Crippen LogP contribution in [0.2, 0.25) is 0 Å². The van der Waals surface area contributed by atoms with Crippen molar-refractivity contribution in [2.24, 2.45) is 0 Å². The van der Waals surface area contributed by atoms with Crippen LogP contribution in [0.1, 0.15) is 20.8 Å². The number of hydrogen-bond acceptors (Lipinski definition) is 3. The van der Waals surface area contributed by atoms with Gasteiger partial charge in [-0.05, 0) is 36.1 Å². The second kappa shape index (κ2) is 4.00. The first kappa shape index (κ1) is 10.5. The average Bonchev–Trinajstić information content (AvgIpc) is 2.81. The van der Waals surface area contributed by atoms with Gasteiger partial charge in [0.2, 0.25) is 0 Å². The van der Waals surface area contributed by atoms with Gasteiger partial charge in [0.1, 0.15) is 5.75 Å². The van der Waals surface area contributed by atoms with Crippen molar-refractivity contribution in [3.63, 3.8) is 0 Å². The SMILES string of the molecule is COc1cccc2c1CCc1cc(C=O)sc1-2. The van der Waals surface area contributed by atoms with E-state index in [9.17, 15) is 4.79 Å². The molecule has 0 aliphatic heterocycles. The van der Waals surface area contributed by atoms with Gasteiger partial charge in [-0.25, -0.2) is 0 Å². The first-order valence-corrected chi connectivity index (χ1v) is 6.39. The molecule has 86 valence electrons. The predicted molar refractivity (Wildman–Crippen MR) is 69.1 cm³/mol. The fraction of sp³-hybridized carbons (Fsp3) is 0.214. The van der Waals surface area contributed by atoms with E-state index in [1.165, 1.54) is 21.6 Å². The Balaban J connectivity index is 2.22. The third-order valence-electron chi connectivity index (χ3n) is 3.19. The molecule has 0 spiro atoms. The number of ether oxygens (including phenoxy) is 1. The molecule has 1 aliphatic rings. The molecule has 1 heterocycles. The molecule has 0 saturated carbocycles. The Hall–Kier alpha value is -1.61. The van der Waals surface area contributed by atoms with Crippen LogP contribution in [0.4, 0.5) is 0 Å². The highest BCUT2D eigenvalue weighted by Gasteiger charge is 2.21. The number of aryl methyl sites for hydroxylation is 1. The molecular formula is C14H12O2S. The van der Waals surface area contributed by atoms with E-state index in [-0.39, 0.29) is 0 Å². The van der Waals surface area contributed by atoms with Crippen LogP contribution in [-0.4, -0.2) is 13.4 Å². The van der Waals surface area contributed by atoms with Gasteiger partial charge in [0.05, 0.1) is 12.0 Å². The topological polar surface area (TPSA) is 26.3 Å². The fourth-order valence-electron chi connectivity index (χ4n) is 2.41. The molecule has 0 unspecified atom stereocenters. The number of thiophene rings is 1. The molecular weight excluding hydrogens is 232 g/mol. The quantitative estimate of drug-likeness (QED) is 0.757. The van der Waals surface area contributed by atoms with E-state index in [1.54, 1.807) is 18.4 Å². The first-order chi connectivity index (χ1) is 8.33. The van der Waals surface area contributed by atoms with Crippen LogP contribution in [0.5, 0.6) is 5.75 Å². The van der Waals surface area contributed by atoms with Crippen LogP contribution in [0.3, 0.4) is 0 Å². The van der Waals surface area contributed by atoms with Gasteiger partial charge in [0, 0.05) is 10.4 Å². The number of rotatable bonds is 2. The van der Waals surface area contributed by atoms with Gasteiger partial charge in [0.25, 0.3) is 0 Å². The lowest BCUT2D eigenvalue weighted by molar-refractivity contribution is 0.112. The smallest absolute Gasteiger partial charge is 0.160 e. The van der Waals surface area contributed by atoms with Crippen LogP contribution < -0.4 is 4.74 Å². The molecule has 0 radical (unpaired) electrons. The monoisotopic (exact) mass is 244 g/mol. The first-order valence-electron chi connectivity index (χ1n) is 5.57. The van der Waals surface area contributed by atoms with Crippen molar-refractivity contribution < 1.29 is 9.53 Å². The Morgan fingerprint density at radius 2 is 2.24 bits per heavy atom. The van der Waals surface area contributed by atoms with Gasteiger partial charge in [-0.1, -0.05) is 12.1 Å². The third-order valence-corrected chi connectivity index (χ3v) is 4.32. The molecule has 1 aromatic carbocycles. The predicted octanol–water partition coefficient (Wildman–Crippen LogP) is 3.33. The highest BCUT2D eigenvalue weighted by atomic mass is 32.1. The lowest BCUT2D eigenvalue weighted by Gasteiger charge is -2.18.